The van der Waals surface area contributed by atoms with E-state index >= 15 is 0 Å². The Morgan fingerprint density at radius 3 is 2.79 bits per heavy atom. The maximum Gasteiger partial charge on any atom is 0.258 e. The molecule has 1 N–H and O–H groups in total. The van der Waals surface area contributed by atoms with Crippen molar-refractivity contribution in [2.45, 2.75) is 53.1 Å². The van der Waals surface area contributed by atoms with Crippen molar-refractivity contribution in [3.63, 3.8) is 0 Å². The van der Waals surface area contributed by atoms with E-state index < -0.39 is 0 Å². The molecule has 5 nitrogen and oxygen atoms in total. The Labute approximate surface area is 166 Å². The van der Waals surface area contributed by atoms with Crippen LogP contribution in [-0.4, -0.2) is 22.1 Å². The van der Waals surface area contributed by atoms with Gasteiger partial charge < -0.3 is 14.6 Å². The van der Waals surface area contributed by atoms with Gasteiger partial charge in [0, 0.05) is 6.54 Å². The molecule has 1 aromatic heterocycles. The Hall–Kier alpha value is -2.82. The molecule has 148 valence electrons. The summed E-state index contributed by atoms with van der Waals surface area (Å²) < 4.78 is 7.95. The highest BCUT2D eigenvalue weighted by molar-refractivity contribution is 5.79. The normalized spacial score (nSPS) is 12.1. The van der Waals surface area contributed by atoms with Crippen LogP contribution in [0.2, 0.25) is 0 Å². The highest BCUT2D eigenvalue weighted by atomic mass is 16.5. The average molecular weight is 380 g/mol. The molecule has 0 bridgehead atoms. The van der Waals surface area contributed by atoms with E-state index in [0.29, 0.717) is 0 Å². The lowest BCUT2D eigenvalue weighted by Crippen LogP contribution is -2.32. The number of nitrogens with one attached hydrogen (secondary N) is 1. The first-order valence-corrected chi connectivity index (χ1v) is 9.94. The number of fused-ring (bicyclic) bond motifs is 1. The second-order valence-corrected chi connectivity index (χ2v) is 7.31. The Bertz CT molecular complexity index is 962. The van der Waals surface area contributed by atoms with Gasteiger partial charge in [-0.1, -0.05) is 37.6 Å². The lowest BCUT2D eigenvalue weighted by Gasteiger charge is -2.17. The van der Waals surface area contributed by atoms with Crippen LogP contribution in [-0.2, 0) is 11.3 Å². The second-order valence-electron chi connectivity index (χ2n) is 7.31. The van der Waals surface area contributed by atoms with Gasteiger partial charge in [0.05, 0.1) is 17.1 Å². The third-order valence-corrected chi connectivity index (χ3v) is 4.89. The molecule has 5 heteroatoms. The van der Waals surface area contributed by atoms with Gasteiger partial charge in [-0.2, -0.15) is 0 Å². The number of hydrogen-bond donors (Lipinski definition) is 1. The van der Waals surface area contributed by atoms with E-state index in [1.807, 2.05) is 57.2 Å². The number of hydrogen-bond acceptors (Lipinski definition) is 3. The number of imidazole rings is 1. The number of carbonyl (C=O) groups excluding carboxylic acids is 1. The van der Waals surface area contributed by atoms with Crippen LogP contribution in [0.25, 0.3) is 11.0 Å². The largest absolute Gasteiger partial charge is 0.483 e. The van der Waals surface area contributed by atoms with Crippen molar-refractivity contribution in [3.05, 3.63) is 59.4 Å². The molecule has 0 spiro atoms. The minimum atomic E-state index is -0.195. The van der Waals surface area contributed by atoms with Crippen molar-refractivity contribution in [1.29, 1.82) is 0 Å². The molecule has 0 saturated heterocycles. The number of nitrogens with zero attached hydrogens (tertiary/aromatic N) is 2. The summed E-state index contributed by atoms with van der Waals surface area (Å²) in [5.74, 6) is 1.48. The van der Waals surface area contributed by atoms with E-state index in [1.165, 1.54) is 0 Å². The van der Waals surface area contributed by atoms with Crippen LogP contribution >= 0.6 is 0 Å². The molecule has 0 aliphatic heterocycles. The summed E-state index contributed by atoms with van der Waals surface area (Å²) in [6.45, 7) is 9.02. The van der Waals surface area contributed by atoms with Gasteiger partial charge in [-0.3, -0.25) is 4.79 Å². The van der Waals surface area contributed by atoms with Crippen molar-refractivity contribution in [2.24, 2.45) is 0 Å². The fourth-order valence-corrected chi connectivity index (χ4v) is 3.33. The third kappa shape index (κ3) is 4.53. The first-order chi connectivity index (χ1) is 13.5. The Morgan fingerprint density at radius 1 is 1.21 bits per heavy atom. The summed E-state index contributed by atoms with van der Waals surface area (Å²) in [5.41, 5.74) is 4.20. The topological polar surface area (TPSA) is 56.2 Å². The number of rotatable bonds is 8. The fourth-order valence-electron chi connectivity index (χ4n) is 3.33. The predicted octanol–water partition coefficient (Wildman–Crippen LogP) is 4.71. The molecule has 3 aromatic rings. The minimum absolute atomic E-state index is 0.0101. The molecule has 1 heterocycles. The Kier molecular flexibility index (Phi) is 6.34. The molecule has 0 aliphatic rings. The minimum Gasteiger partial charge on any atom is -0.483 e. The number of aryl methyl sites for hydroxylation is 3. The lowest BCUT2D eigenvalue weighted by molar-refractivity contribution is -0.123. The summed E-state index contributed by atoms with van der Waals surface area (Å²) in [4.78, 5) is 17.2. The molecule has 28 heavy (non-hydrogen) atoms. The van der Waals surface area contributed by atoms with Gasteiger partial charge in [0.2, 0.25) is 0 Å². The van der Waals surface area contributed by atoms with Crippen LogP contribution in [0.3, 0.4) is 0 Å². The highest BCUT2D eigenvalue weighted by Crippen LogP contribution is 2.22. The Balaban J connectivity index is 1.70. The molecule has 1 atom stereocenters. The SMILES string of the molecule is CCCCn1c(C(C)NC(=O)COc2cc(C)ccc2C)nc2ccccc21. The molecule has 0 fully saturated rings. The van der Waals surface area contributed by atoms with Crippen molar-refractivity contribution in [3.8, 4) is 5.75 Å². The average Bonchev–Trinajstić information content (AvgIpc) is 3.05. The quantitative estimate of drug-likeness (QED) is 0.617. The number of unbranched alkanes of at least 4 members (excludes halogenated alkanes) is 1. The van der Waals surface area contributed by atoms with Crippen LogP contribution in [0, 0.1) is 13.8 Å². The first kappa shape index (κ1) is 19.9. The third-order valence-electron chi connectivity index (χ3n) is 4.89. The van der Waals surface area contributed by atoms with Crippen molar-refractivity contribution in [1.82, 2.24) is 14.9 Å². The van der Waals surface area contributed by atoms with Crippen LogP contribution in [0.15, 0.2) is 42.5 Å². The van der Waals surface area contributed by atoms with E-state index in [9.17, 15) is 4.79 Å². The number of amides is 1. The van der Waals surface area contributed by atoms with Gasteiger partial charge in [-0.05, 0) is 56.5 Å². The molecule has 0 radical (unpaired) electrons. The number of carbonyl (C=O) groups is 1. The van der Waals surface area contributed by atoms with E-state index in [4.69, 9.17) is 9.72 Å². The molecule has 3 rings (SSSR count). The van der Waals surface area contributed by atoms with E-state index in [0.717, 1.165) is 53.1 Å². The summed E-state index contributed by atoms with van der Waals surface area (Å²) in [6.07, 6.45) is 2.18. The second kappa shape index (κ2) is 8.91. The van der Waals surface area contributed by atoms with Gasteiger partial charge in [-0.15, -0.1) is 0 Å². The number of para-hydroxylation sites is 2. The summed E-state index contributed by atoms with van der Waals surface area (Å²) in [6, 6.07) is 13.9. The zero-order valence-electron chi connectivity index (χ0n) is 17.2. The van der Waals surface area contributed by atoms with Gasteiger partial charge >= 0.3 is 0 Å². The van der Waals surface area contributed by atoms with Gasteiger partial charge in [0.1, 0.15) is 11.6 Å². The summed E-state index contributed by atoms with van der Waals surface area (Å²) in [5, 5.41) is 3.03. The van der Waals surface area contributed by atoms with Gasteiger partial charge in [0.25, 0.3) is 5.91 Å². The van der Waals surface area contributed by atoms with Crippen LogP contribution in [0.5, 0.6) is 5.75 Å². The van der Waals surface area contributed by atoms with E-state index in [1.54, 1.807) is 0 Å². The fraction of sp³-hybridized carbons (Fsp3) is 0.391. The Morgan fingerprint density at radius 2 is 2.00 bits per heavy atom. The van der Waals surface area contributed by atoms with Crippen LogP contribution in [0.4, 0.5) is 0 Å². The van der Waals surface area contributed by atoms with Gasteiger partial charge in [-0.25, -0.2) is 4.98 Å². The highest BCUT2D eigenvalue weighted by Gasteiger charge is 2.18. The molecule has 2 aromatic carbocycles. The van der Waals surface area contributed by atoms with Crippen molar-refractivity contribution < 1.29 is 9.53 Å². The monoisotopic (exact) mass is 379 g/mol. The smallest absolute Gasteiger partial charge is 0.258 e. The maximum atomic E-state index is 12.5. The summed E-state index contributed by atoms with van der Waals surface area (Å²) >= 11 is 0. The van der Waals surface area contributed by atoms with Crippen molar-refractivity contribution >= 4 is 16.9 Å². The molecule has 1 unspecified atom stereocenters. The maximum absolute atomic E-state index is 12.5. The molecular formula is C23H29N3O2. The number of aromatic nitrogens is 2. The van der Waals surface area contributed by atoms with Gasteiger partial charge in [0.15, 0.2) is 6.61 Å². The molecule has 0 aliphatic carbocycles. The molecular weight excluding hydrogens is 350 g/mol. The number of ether oxygens (including phenoxy) is 1. The molecule has 0 saturated carbocycles. The van der Waals surface area contributed by atoms with Crippen molar-refractivity contribution in [2.75, 3.05) is 6.61 Å². The standard InChI is InChI=1S/C23H29N3O2/c1-5-6-13-26-20-10-8-7-9-19(20)25-23(26)18(4)24-22(27)15-28-21-14-16(2)11-12-17(21)3/h7-12,14,18H,5-6,13,15H2,1-4H3,(H,24,27). The zero-order chi connectivity index (χ0) is 20.1. The predicted molar refractivity (Wildman–Crippen MR) is 113 cm³/mol. The molecule has 1 amide bonds. The first-order valence-electron chi connectivity index (χ1n) is 9.94. The van der Waals surface area contributed by atoms with Crippen LogP contribution < -0.4 is 10.1 Å². The van der Waals surface area contributed by atoms with E-state index in [2.05, 4.69) is 22.9 Å². The van der Waals surface area contributed by atoms with E-state index in [-0.39, 0.29) is 18.6 Å². The van der Waals surface area contributed by atoms with Crippen LogP contribution in [0.1, 0.15) is 49.7 Å². The number of benzene rings is 2. The summed E-state index contributed by atoms with van der Waals surface area (Å²) in [7, 11) is 0. The lowest BCUT2D eigenvalue weighted by atomic mass is 10.1. The zero-order valence-corrected chi connectivity index (χ0v) is 17.2.